The molecule has 3 nitrogen and oxygen atoms in total. The van der Waals surface area contributed by atoms with Crippen LogP contribution in [0.2, 0.25) is 0 Å². The van der Waals surface area contributed by atoms with Gasteiger partial charge in [-0.2, -0.15) is 0 Å². The summed E-state index contributed by atoms with van der Waals surface area (Å²) in [5.74, 6) is -0.618. The van der Waals surface area contributed by atoms with Gasteiger partial charge in [-0.3, -0.25) is 4.98 Å². The van der Waals surface area contributed by atoms with E-state index in [9.17, 15) is 9.30 Å². The zero-order valence-electron chi connectivity index (χ0n) is 5.37. The van der Waals surface area contributed by atoms with Gasteiger partial charge in [0.05, 0.1) is 0 Å². The minimum absolute atomic E-state index is 0.135. The summed E-state index contributed by atoms with van der Waals surface area (Å²) in [6, 6.07) is 2.58. The molecular formula is C6H4ClFN2O. The third-order valence-electron chi connectivity index (χ3n) is 1.11. The van der Waals surface area contributed by atoms with Gasteiger partial charge in [0, 0.05) is 6.20 Å². The van der Waals surface area contributed by atoms with Crippen molar-refractivity contribution in [3.8, 4) is 0 Å². The van der Waals surface area contributed by atoms with Gasteiger partial charge in [-0.25, -0.2) is 4.39 Å². The molecule has 1 aromatic rings. The van der Waals surface area contributed by atoms with E-state index >= 15 is 0 Å². The lowest BCUT2D eigenvalue weighted by Crippen LogP contribution is -1.94. The number of nitrogens with zero attached hydrogens (tertiary/aromatic N) is 2. The van der Waals surface area contributed by atoms with Crippen molar-refractivity contribution in [1.82, 2.24) is 4.98 Å². The van der Waals surface area contributed by atoms with Crippen LogP contribution in [0.5, 0.6) is 0 Å². The number of pyridine rings is 1. The van der Waals surface area contributed by atoms with Crippen LogP contribution in [0, 0.1) is 10.7 Å². The summed E-state index contributed by atoms with van der Waals surface area (Å²) in [5, 5.41) is 2.43. The van der Waals surface area contributed by atoms with E-state index < -0.39 is 11.3 Å². The van der Waals surface area contributed by atoms with E-state index in [0.29, 0.717) is 0 Å². The van der Waals surface area contributed by atoms with Crippen molar-refractivity contribution < 1.29 is 4.39 Å². The Morgan fingerprint density at radius 3 is 3.00 bits per heavy atom. The molecule has 1 rings (SSSR count). The molecule has 0 saturated heterocycles. The van der Waals surface area contributed by atoms with Gasteiger partial charge < -0.3 is 0 Å². The van der Waals surface area contributed by atoms with E-state index in [0.717, 1.165) is 0 Å². The fourth-order valence-corrected chi connectivity index (χ4v) is 0.784. The molecule has 1 aromatic heterocycles. The quantitative estimate of drug-likeness (QED) is 0.392. The molecule has 58 valence electrons. The van der Waals surface area contributed by atoms with Crippen LogP contribution in [0.3, 0.4) is 0 Å². The number of halogens is 2. The summed E-state index contributed by atoms with van der Waals surface area (Å²) in [5.41, 5.74) is -1.37. The van der Waals surface area contributed by atoms with E-state index in [1.807, 2.05) is 0 Å². The summed E-state index contributed by atoms with van der Waals surface area (Å²) in [4.78, 5) is 13.4. The topological polar surface area (TPSA) is 42.3 Å². The molecular weight excluding hydrogens is 171 g/mol. The Hall–Kier alpha value is -1.03. The molecule has 0 aromatic carbocycles. The van der Waals surface area contributed by atoms with Crippen molar-refractivity contribution in [1.29, 1.82) is 0 Å². The van der Waals surface area contributed by atoms with Gasteiger partial charge >= 0.3 is 0 Å². The molecule has 0 spiro atoms. The van der Waals surface area contributed by atoms with E-state index in [1.54, 1.807) is 0 Å². The summed E-state index contributed by atoms with van der Waals surface area (Å²) >= 11 is 5.31. The first kappa shape index (κ1) is 8.07. The van der Waals surface area contributed by atoms with Gasteiger partial charge in [-0.05, 0) is 17.3 Å². The van der Waals surface area contributed by atoms with E-state index in [4.69, 9.17) is 11.6 Å². The molecule has 0 aliphatic carbocycles. The van der Waals surface area contributed by atoms with Crippen molar-refractivity contribution in [3.63, 3.8) is 0 Å². The molecule has 5 heteroatoms. The summed E-state index contributed by atoms with van der Waals surface area (Å²) in [6.45, 7) is 0. The second-order valence-corrected chi connectivity index (χ2v) is 2.23. The largest absolute Gasteiger partial charge is 0.254 e. The molecule has 0 fully saturated rings. The van der Waals surface area contributed by atoms with Crippen molar-refractivity contribution in [2.45, 2.75) is 5.50 Å². The molecule has 0 aliphatic rings. The molecule has 0 radical (unpaired) electrons. The number of rotatable bonds is 2. The highest BCUT2D eigenvalue weighted by Crippen LogP contribution is 2.20. The first-order valence-corrected chi connectivity index (χ1v) is 3.26. The Morgan fingerprint density at radius 1 is 1.73 bits per heavy atom. The summed E-state index contributed by atoms with van der Waals surface area (Å²) < 4.78 is 12.7. The fourth-order valence-electron chi connectivity index (χ4n) is 0.623. The predicted octanol–water partition coefficient (Wildman–Crippen LogP) is 2.22. The number of alkyl halides is 1. The highest BCUT2D eigenvalue weighted by Gasteiger charge is 2.13. The normalized spacial score (nSPS) is 12.5. The van der Waals surface area contributed by atoms with Crippen LogP contribution >= 0.6 is 11.6 Å². The third kappa shape index (κ3) is 1.71. The minimum Gasteiger partial charge on any atom is -0.254 e. The zero-order valence-corrected chi connectivity index (χ0v) is 6.12. The maximum Gasteiger partial charge on any atom is 0.209 e. The molecule has 0 amide bonds. The Kier molecular flexibility index (Phi) is 2.48. The standard InChI is InChI=1S/C6H4ClFN2O/c7-6(10-11)5-4(8)2-1-3-9-5/h1-3,6H. The zero-order chi connectivity index (χ0) is 8.27. The maximum absolute atomic E-state index is 12.7. The van der Waals surface area contributed by atoms with Crippen LogP contribution < -0.4 is 0 Å². The number of hydrogen-bond acceptors (Lipinski definition) is 3. The summed E-state index contributed by atoms with van der Waals surface area (Å²) in [6.07, 6.45) is 1.35. The molecule has 0 bridgehead atoms. The first-order valence-electron chi connectivity index (χ1n) is 2.82. The maximum atomic E-state index is 12.7. The molecule has 0 aliphatic heterocycles. The molecule has 1 heterocycles. The predicted molar refractivity (Wildman–Crippen MR) is 38.6 cm³/mol. The Balaban J connectivity index is 3.02. The van der Waals surface area contributed by atoms with E-state index in [-0.39, 0.29) is 5.69 Å². The van der Waals surface area contributed by atoms with Crippen LogP contribution in [-0.2, 0) is 0 Å². The molecule has 0 N–H and O–H groups in total. The van der Waals surface area contributed by atoms with Crippen LogP contribution in [0.1, 0.15) is 11.2 Å². The van der Waals surface area contributed by atoms with Crippen LogP contribution in [-0.4, -0.2) is 4.98 Å². The lowest BCUT2D eigenvalue weighted by Gasteiger charge is -1.99. The fraction of sp³-hybridized carbons (Fsp3) is 0.167. The van der Waals surface area contributed by atoms with Gasteiger partial charge in [-0.1, -0.05) is 11.6 Å². The minimum atomic E-state index is -1.24. The number of hydrogen-bond donors (Lipinski definition) is 0. The highest BCUT2D eigenvalue weighted by molar-refractivity contribution is 6.20. The van der Waals surface area contributed by atoms with Crippen molar-refractivity contribution in [3.05, 3.63) is 34.7 Å². The van der Waals surface area contributed by atoms with Gasteiger partial charge in [0.1, 0.15) is 11.5 Å². The van der Waals surface area contributed by atoms with E-state index in [1.165, 1.54) is 18.3 Å². The second-order valence-electron chi connectivity index (χ2n) is 1.81. The lowest BCUT2D eigenvalue weighted by molar-refractivity contribution is 0.596. The smallest absolute Gasteiger partial charge is 0.209 e. The number of nitroso groups, excluding NO2 is 1. The highest BCUT2D eigenvalue weighted by atomic mass is 35.5. The van der Waals surface area contributed by atoms with Gasteiger partial charge in [-0.15, -0.1) is 4.91 Å². The average Bonchev–Trinajstić information content (AvgIpc) is 2.04. The van der Waals surface area contributed by atoms with Crippen LogP contribution in [0.15, 0.2) is 23.5 Å². The van der Waals surface area contributed by atoms with Crippen molar-refractivity contribution >= 4 is 11.6 Å². The lowest BCUT2D eigenvalue weighted by atomic mass is 10.3. The van der Waals surface area contributed by atoms with E-state index in [2.05, 4.69) is 10.2 Å². The third-order valence-corrected chi connectivity index (χ3v) is 1.39. The molecule has 11 heavy (non-hydrogen) atoms. The summed E-state index contributed by atoms with van der Waals surface area (Å²) in [7, 11) is 0. The Labute approximate surface area is 67.2 Å². The van der Waals surface area contributed by atoms with Gasteiger partial charge in [0.15, 0.2) is 0 Å². The van der Waals surface area contributed by atoms with Crippen LogP contribution in [0.25, 0.3) is 0 Å². The molecule has 0 saturated carbocycles. The van der Waals surface area contributed by atoms with Crippen molar-refractivity contribution in [2.75, 3.05) is 0 Å². The van der Waals surface area contributed by atoms with Crippen molar-refractivity contribution in [2.24, 2.45) is 5.18 Å². The monoisotopic (exact) mass is 174 g/mol. The average molecular weight is 175 g/mol. The second kappa shape index (κ2) is 3.39. The Morgan fingerprint density at radius 2 is 2.45 bits per heavy atom. The van der Waals surface area contributed by atoms with Gasteiger partial charge in [0.2, 0.25) is 5.50 Å². The SMILES string of the molecule is O=NC(Cl)c1ncccc1F. The molecule has 1 atom stereocenters. The first-order chi connectivity index (χ1) is 5.25. The number of aromatic nitrogens is 1. The molecule has 1 unspecified atom stereocenters. The van der Waals surface area contributed by atoms with Crippen LogP contribution in [0.4, 0.5) is 4.39 Å². The Bertz CT molecular complexity index is 269. The van der Waals surface area contributed by atoms with Gasteiger partial charge in [0.25, 0.3) is 0 Å².